The van der Waals surface area contributed by atoms with Gasteiger partial charge in [-0.2, -0.15) is 0 Å². The Morgan fingerprint density at radius 1 is 1.19 bits per heavy atom. The first-order chi connectivity index (χ1) is 14.9. The fraction of sp³-hybridized carbons (Fsp3) is 0.519. The molecule has 0 bridgehead atoms. The van der Waals surface area contributed by atoms with Crippen molar-refractivity contribution in [1.82, 2.24) is 9.97 Å². The molecule has 1 heterocycles. The molecule has 0 spiro atoms. The van der Waals surface area contributed by atoms with Crippen LogP contribution in [0.5, 0.6) is 0 Å². The van der Waals surface area contributed by atoms with E-state index in [4.69, 9.17) is 0 Å². The lowest BCUT2D eigenvalue weighted by Crippen LogP contribution is -2.51. The maximum absolute atomic E-state index is 12.2. The number of nitrogens with zero attached hydrogens (tertiary/aromatic N) is 1. The molecule has 0 amide bonds. The van der Waals surface area contributed by atoms with Crippen molar-refractivity contribution >= 4 is 16.6 Å². The minimum atomic E-state index is -0.799. The van der Waals surface area contributed by atoms with Gasteiger partial charge in [0.15, 0.2) is 0 Å². The minimum Gasteiger partial charge on any atom is -0.393 e. The van der Waals surface area contributed by atoms with E-state index in [0.29, 0.717) is 11.8 Å². The van der Waals surface area contributed by atoms with Crippen LogP contribution >= 0.6 is 0 Å². The zero-order valence-corrected chi connectivity index (χ0v) is 18.4. The Kier molecular flexibility index (Phi) is 4.19. The third-order valence-electron chi connectivity index (χ3n) is 9.10. The highest BCUT2D eigenvalue weighted by Gasteiger charge is 2.58. The fourth-order valence-corrected chi connectivity index (χ4v) is 7.17. The number of aromatic amines is 1. The van der Waals surface area contributed by atoms with Gasteiger partial charge in [0.2, 0.25) is 0 Å². The molecule has 4 nitrogen and oxygen atoms in total. The number of aliphatic hydroxyl groups excluding tert-OH is 1. The number of aromatic nitrogens is 2. The summed E-state index contributed by atoms with van der Waals surface area (Å²) in [6.07, 6.45) is 13.9. The molecule has 1 saturated carbocycles. The van der Waals surface area contributed by atoms with Crippen molar-refractivity contribution in [3.8, 4) is 0 Å². The van der Waals surface area contributed by atoms with Crippen molar-refractivity contribution < 1.29 is 10.2 Å². The molecule has 0 radical (unpaired) electrons. The molecule has 31 heavy (non-hydrogen) atoms. The molecule has 3 N–H and O–H groups in total. The Balaban J connectivity index is 1.42. The molecular weight excluding hydrogens is 384 g/mol. The molecule has 1 aromatic carbocycles. The van der Waals surface area contributed by atoms with Crippen molar-refractivity contribution in [2.45, 2.75) is 64.1 Å². The number of rotatable bonds is 1. The average molecular weight is 417 g/mol. The maximum Gasteiger partial charge on any atom is 0.0933 e. The van der Waals surface area contributed by atoms with E-state index >= 15 is 0 Å². The molecule has 4 aliphatic rings. The van der Waals surface area contributed by atoms with Crippen molar-refractivity contribution in [2.75, 3.05) is 0 Å². The van der Waals surface area contributed by atoms with E-state index in [1.54, 1.807) is 6.33 Å². The van der Waals surface area contributed by atoms with Crippen LogP contribution in [0.15, 0.2) is 53.9 Å². The predicted octanol–water partition coefficient (Wildman–Crippen LogP) is 5.16. The second kappa shape index (κ2) is 6.66. The third-order valence-corrected chi connectivity index (χ3v) is 9.10. The first-order valence-electron chi connectivity index (χ1n) is 11.9. The van der Waals surface area contributed by atoms with Gasteiger partial charge in [-0.25, -0.2) is 4.98 Å². The number of H-pyrrole nitrogens is 1. The van der Waals surface area contributed by atoms with Crippen LogP contribution in [-0.2, 0) is 0 Å². The monoisotopic (exact) mass is 416 g/mol. The number of aliphatic hydroxyl groups is 2. The summed E-state index contributed by atoms with van der Waals surface area (Å²) >= 11 is 0. The van der Waals surface area contributed by atoms with Gasteiger partial charge >= 0.3 is 0 Å². The fourth-order valence-electron chi connectivity index (χ4n) is 7.17. The van der Waals surface area contributed by atoms with Gasteiger partial charge in [0, 0.05) is 11.3 Å². The van der Waals surface area contributed by atoms with E-state index in [1.807, 2.05) is 0 Å². The van der Waals surface area contributed by atoms with Crippen LogP contribution < -0.4 is 0 Å². The van der Waals surface area contributed by atoms with Crippen LogP contribution in [0.3, 0.4) is 0 Å². The first-order valence-corrected chi connectivity index (χ1v) is 11.9. The van der Waals surface area contributed by atoms with Gasteiger partial charge < -0.3 is 15.2 Å². The largest absolute Gasteiger partial charge is 0.393 e. The highest BCUT2D eigenvalue weighted by molar-refractivity contribution is 5.83. The summed E-state index contributed by atoms with van der Waals surface area (Å²) < 4.78 is 0. The summed E-state index contributed by atoms with van der Waals surface area (Å²) in [5.41, 5.74) is 6.19. The van der Waals surface area contributed by atoms with Crippen molar-refractivity contribution in [3.05, 3.63) is 59.5 Å². The van der Waals surface area contributed by atoms with Crippen LogP contribution in [0.1, 0.15) is 57.9 Å². The molecular formula is C27H32N2O2. The first kappa shape index (κ1) is 19.5. The lowest BCUT2D eigenvalue weighted by atomic mass is 9.54. The van der Waals surface area contributed by atoms with Gasteiger partial charge in [0.05, 0.1) is 29.1 Å². The number of imidazole rings is 1. The standard InChI is InChI=1S/C27H32N2O2/c1-16-11-20-12-19-13-21(30)5-3-17(19)9-10-27(20,31)25-8-6-22(26(16,25)2)18-4-7-23-24(14-18)29-15-28-23/h4,6-7,11-12,14-17,21,25,30-31H,3,5,8-10,13H2,1-2H3,(H,28,29)/t16?,17?,21?,25?,26?,27-/m1/s1. The Bertz CT molecular complexity index is 1140. The van der Waals surface area contributed by atoms with Crippen LogP contribution in [0, 0.1) is 23.2 Å². The van der Waals surface area contributed by atoms with Gasteiger partial charge in [-0.1, -0.05) is 43.7 Å². The van der Waals surface area contributed by atoms with E-state index in [9.17, 15) is 10.2 Å². The minimum absolute atomic E-state index is 0.112. The Morgan fingerprint density at radius 2 is 2.06 bits per heavy atom. The number of hydrogen-bond acceptors (Lipinski definition) is 3. The summed E-state index contributed by atoms with van der Waals surface area (Å²) in [6, 6.07) is 6.49. The molecule has 1 fully saturated rings. The van der Waals surface area contributed by atoms with Crippen LogP contribution in [0.25, 0.3) is 16.6 Å². The van der Waals surface area contributed by atoms with Crippen molar-refractivity contribution in [3.63, 3.8) is 0 Å². The van der Waals surface area contributed by atoms with Gasteiger partial charge in [0.25, 0.3) is 0 Å². The summed E-state index contributed by atoms with van der Waals surface area (Å²) in [5.74, 6) is 1.00. The van der Waals surface area contributed by atoms with Gasteiger partial charge in [-0.3, -0.25) is 0 Å². The number of nitrogens with one attached hydrogen (secondary N) is 1. The lowest BCUT2D eigenvalue weighted by molar-refractivity contribution is -0.0455. The van der Waals surface area contributed by atoms with E-state index in [2.05, 4.69) is 60.2 Å². The van der Waals surface area contributed by atoms with E-state index in [-0.39, 0.29) is 17.4 Å². The van der Waals surface area contributed by atoms with Gasteiger partial charge in [-0.15, -0.1) is 0 Å². The molecule has 5 unspecified atom stereocenters. The molecule has 4 aliphatic carbocycles. The average Bonchev–Trinajstić information content (AvgIpc) is 3.33. The molecule has 0 aliphatic heterocycles. The van der Waals surface area contributed by atoms with Gasteiger partial charge in [0.1, 0.15) is 0 Å². The molecule has 6 rings (SSSR count). The SMILES string of the molecule is CC1C=C2C=C3CC(O)CCC3CC[C@]2(O)C2CC=C(c3ccc4nc[nH]c4c3)C12C. The highest BCUT2D eigenvalue weighted by atomic mass is 16.3. The van der Waals surface area contributed by atoms with E-state index in [1.165, 1.54) is 16.7 Å². The zero-order valence-electron chi connectivity index (χ0n) is 18.4. The van der Waals surface area contributed by atoms with E-state index in [0.717, 1.165) is 55.1 Å². The quantitative estimate of drug-likeness (QED) is 0.601. The molecule has 1 aromatic heterocycles. The number of allylic oxidation sites excluding steroid dienone is 3. The second-order valence-electron chi connectivity index (χ2n) is 10.5. The van der Waals surface area contributed by atoms with E-state index < -0.39 is 5.60 Å². The smallest absolute Gasteiger partial charge is 0.0933 e. The Hall–Kier alpha value is -2.17. The van der Waals surface area contributed by atoms with Crippen molar-refractivity contribution in [1.29, 1.82) is 0 Å². The predicted molar refractivity (Wildman–Crippen MR) is 123 cm³/mol. The lowest BCUT2D eigenvalue weighted by Gasteiger charge is -2.51. The highest BCUT2D eigenvalue weighted by Crippen LogP contribution is 2.63. The zero-order chi connectivity index (χ0) is 21.4. The Morgan fingerprint density at radius 3 is 2.94 bits per heavy atom. The third kappa shape index (κ3) is 2.71. The topological polar surface area (TPSA) is 69.1 Å². The maximum atomic E-state index is 12.2. The number of benzene rings is 1. The number of fused-ring (bicyclic) bond motifs is 5. The molecule has 2 aromatic rings. The Labute approximate surface area is 183 Å². The van der Waals surface area contributed by atoms with Gasteiger partial charge in [-0.05, 0) is 79.2 Å². The normalized spacial score (nSPS) is 39.7. The molecule has 6 atom stereocenters. The molecule has 162 valence electrons. The second-order valence-corrected chi connectivity index (χ2v) is 10.5. The summed E-state index contributed by atoms with van der Waals surface area (Å²) in [7, 11) is 0. The van der Waals surface area contributed by atoms with Crippen LogP contribution in [0.2, 0.25) is 0 Å². The number of hydrogen-bond donors (Lipinski definition) is 3. The van der Waals surface area contributed by atoms with Crippen LogP contribution in [-0.4, -0.2) is 31.9 Å². The summed E-state index contributed by atoms with van der Waals surface area (Å²) in [6.45, 7) is 4.67. The van der Waals surface area contributed by atoms with Crippen LogP contribution in [0.4, 0.5) is 0 Å². The molecule has 0 saturated heterocycles. The summed E-state index contributed by atoms with van der Waals surface area (Å²) in [5, 5.41) is 22.4. The molecule has 4 heteroatoms. The van der Waals surface area contributed by atoms with Crippen molar-refractivity contribution in [2.24, 2.45) is 23.2 Å². The summed E-state index contributed by atoms with van der Waals surface area (Å²) in [4.78, 5) is 7.61.